The van der Waals surface area contributed by atoms with E-state index >= 15 is 0 Å². The molecule has 1 aromatic rings. The minimum atomic E-state index is -0.361. The Kier molecular flexibility index (Phi) is 5.88. The number of nitrogens with one attached hydrogen (secondary N) is 2. The Labute approximate surface area is 126 Å². The van der Waals surface area contributed by atoms with E-state index in [1.54, 1.807) is 6.20 Å². The number of carbonyl (C=O) groups is 2. The maximum Gasteiger partial charge on any atom is 0.249 e. The maximum atomic E-state index is 11.6. The third-order valence-corrected chi connectivity index (χ3v) is 3.11. The number of hydrogen-bond donors (Lipinski definition) is 2. The molecule has 0 radical (unpaired) electrons. The molecule has 1 saturated heterocycles. The molecule has 0 aromatic carbocycles. The van der Waals surface area contributed by atoms with Gasteiger partial charge in [-0.1, -0.05) is 34.6 Å². The van der Waals surface area contributed by atoms with Crippen LogP contribution < -0.4 is 10.6 Å². The fourth-order valence-corrected chi connectivity index (χ4v) is 1.96. The molecular formula is C16H25N3O2. The SMILES string of the molecule is CC.CC(C)(C)c1ccc(NC2CCC(=O)NC2=O)cn1. The molecule has 2 N–H and O–H groups in total. The van der Waals surface area contributed by atoms with Gasteiger partial charge in [0, 0.05) is 17.5 Å². The Hall–Kier alpha value is -1.91. The number of carbonyl (C=O) groups excluding carboxylic acids is 2. The topological polar surface area (TPSA) is 71.1 Å². The summed E-state index contributed by atoms with van der Waals surface area (Å²) in [7, 11) is 0. The van der Waals surface area contributed by atoms with E-state index in [9.17, 15) is 9.59 Å². The number of amides is 2. The van der Waals surface area contributed by atoms with Gasteiger partial charge < -0.3 is 5.32 Å². The Bertz CT molecular complexity index is 489. The van der Waals surface area contributed by atoms with Crippen LogP contribution in [0.4, 0.5) is 5.69 Å². The van der Waals surface area contributed by atoms with Crippen molar-refractivity contribution in [3.63, 3.8) is 0 Å². The Balaban J connectivity index is 0.00000106. The van der Waals surface area contributed by atoms with Crippen molar-refractivity contribution >= 4 is 17.5 Å². The lowest BCUT2D eigenvalue weighted by Gasteiger charge is -2.23. The number of piperidine rings is 1. The van der Waals surface area contributed by atoms with Crippen molar-refractivity contribution in [3.8, 4) is 0 Å². The van der Waals surface area contributed by atoms with Crippen molar-refractivity contribution < 1.29 is 9.59 Å². The zero-order valence-electron chi connectivity index (χ0n) is 13.5. The summed E-state index contributed by atoms with van der Waals surface area (Å²) in [6.07, 6.45) is 2.62. The van der Waals surface area contributed by atoms with Gasteiger partial charge in [-0.05, 0) is 18.6 Å². The molecule has 2 heterocycles. The first-order valence-corrected chi connectivity index (χ1v) is 7.43. The van der Waals surface area contributed by atoms with Crippen molar-refractivity contribution in [2.45, 2.75) is 58.9 Å². The smallest absolute Gasteiger partial charge is 0.249 e. The van der Waals surface area contributed by atoms with Gasteiger partial charge in [0.2, 0.25) is 11.8 Å². The van der Waals surface area contributed by atoms with Crippen molar-refractivity contribution in [2.24, 2.45) is 0 Å². The summed E-state index contributed by atoms with van der Waals surface area (Å²) in [4.78, 5) is 27.1. The first-order valence-electron chi connectivity index (χ1n) is 7.43. The second-order valence-corrected chi connectivity index (χ2v) is 5.83. The van der Waals surface area contributed by atoms with E-state index in [0.29, 0.717) is 12.8 Å². The highest BCUT2D eigenvalue weighted by atomic mass is 16.2. The number of rotatable bonds is 2. The van der Waals surface area contributed by atoms with Gasteiger partial charge in [0.05, 0.1) is 11.9 Å². The highest BCUT2D eigenvalue weighted by molar-refractivity contribution is 6.01. The second kappa shape index (κ2) is 7.20. The fraction of sp³-hybridized carbons (Fsp3) is 0.562. The van der Waals surface area contributed by atoms with Crippen LogP contribution in [-0.4, -0.2) is 22.8 Å². The number of aromatic nitrogens is 1. The summed E-state index contributed by atoms with van der Waals surface area (Å²) in [6.45, 7) is 10.3. The third-order valence-electron chi connectivity index (χ3n) is 3.11. The van der Waals surface area contributed by atoms with E-state index < -0.39 is 0 Å². The highest BCUT2D eigenvalue weighted by Gasteiger charge is 2.26. The molecule has 1 aliphatic rings. The lowest BCUT2D eigenvalue weighted by molar-refractivity contribution is -0.133. The number of anilines is 1. The van der Waals surface area contributed by atoms with Crippen LogP contribution in [0.25, 0.3) is 0 Å². The van der Waals surface area contributed by atoms with Crippen LogP contribution in [0.15, 0.2) is 18.3 Å². The van der Waals surface area contributed by atoms with E-state index in [-0.39, 0.29) is 23.3 Å². The molecule has 0 aliphatic carbocycles. The quantitative estimate of drug-likeness (QED) is 0.822. The van der Waals surface area contributed by atoms with Gasteiger partial charge in [-0.25, -0.2) is 0 Å². The minimum absolute atomic E-state index is 0.00711. The van der Waals surface area contributed by atoms with Gasteiger partial charge in [-0.3, -0.25) is 19.9 Å². The van der Waals surface area contributed by atoms with Crippen molar-refractivity contribution in [2.75, 3.05) is 5.32 Å². The molecule has 2 amide bonds. The molecule has 1 aromatic heterocycles. The summed E-state index contributed by atoms with van der Waals surface area (Å²) in [6, 6.07) is 3.51. The number of nitrogens with zero attached hydrogens (tertiary/aromatic N) is 1. The van der Waals surface area contributed by atoms with E-state index in [1.165, 1.54) is 0 Å². The number of imide groups is 1. The van der Waals surface area contributed by atoms with Crippen LogP contribution in [0.3, 0.4) is 0 Å². The van der Waals surface area contributed by atoms with E-state index in [2.05, 4.69) is 36.4 Å². The van der Waals surface area contributed by atoms with Crippen LogP contribution in [0.2, 0.25) is 0 Å². The van der Waals surface area contributed by atoms with Gasteiger partial charge in [0.15, 0.2) is 0 Å². The molecule has 1 unspecified atom stereocenters. The monoisotopic (exact) mass is 291 g/mol. The summed E-state index contributed by atoms with van der Waals surface area (Å²) in [5.41, 5.74) is 1.80. The summed E-state index contributed by atoms with van der Waals surface area (Å²) in [5.74, 6) is -0.472. The van der Waals surface area contributed by atoms with Gasteiger partial charge in [0.1, 0.15) is 6.04 Å². The molecule has 21 heavy (non-hydrogen) atoms. The van der Waals surface area contributed by atoms with E-state index in [0.717, 1.165) is 11.4 Å². The van der Waals surface area contributed by atoms with Crippen molar-refractivity contribution in [1.82, 2.24) is 10.3 Å². The molecule has 5 heteroatoms. The molecular weight excluding hydrogens is 266 g/mol. The maximum absolute atomic E-state index is 11.6. The zero-order valence-corrected chi connectivity index (χ0v) is 13.5. The normalized spacial score (nSPS) is 18.4. The molecule has 0 bridgehead atoms. The largest absolute Gasteiger partial charge is 0.372 e. The summed E-state index contributed by atoms with van der Waals surface area (Å²) < 4.78 is 0. The number of pyridine rings is 1. The standard InChI is InChI=1S/C14H19N3O2.C2H6/c1-14(2,3)11-6-4-9(8-15-11)16-10-5-7-12(18)17-13(10)19;1-2/h4,6,8,10,16H,5,7H2,1-3H3,(H,17,18,19);1-2H3. The predicted octanol–water partition coefficient (Wildman–Crippen LogP) is 2.62. The van der Waals surface area contributed by atoms with Gasteiger partial charge in [-0.15, -0.1) is 0 Å². The summed E-state index contributed by atoms with van der Waals surface area (Å²) in [5, 5.41) is 5.43. The van der Waals surface area contributed by atoms with E-state index in [1.807, 2.05) is 26.0 Å². The van der Waals surface area contributed by atoms with Gasteiger partial charge in [0.25, 0.3) is 0 Å². The van der Waals surface area contributed by atoms with Crippen LogP contribution in [0.1, 0.15) is 53.2 Å². The zero-order chi connectivity index (χ0) is 16.0. The van der Waals surface area contributed by atoms with E-state index in [4.69, 9.17) is 0 Å². The molecule has 0 spiro atoms. The molecule has 1 atom stereocenters. The van der Waals surface area contributed by atoms with Gasteiger partial charge in [-0.2, -0.15) is 0 Å². The minimum Gasteiger partial charge on any atom is -0.372 e. The fourth-order valence-electron chi connectivity index (χ4n) is 1.96. The molecule has 1 fully saturated rings. The number of hydrogen-bond acceptors (Lipinski definition) is 4. The first-order chi connectivity index (χ1) is 9.86. The van der Waals surface area contributed by atoms with Crippen LogP contribution >= 0.6 is 0 Å². The lowest BCUT2D eigenvalue weighted by atomic mass is 9.92. The summed E-state index contributed by atoms with van der Waals surface area (Å²) >= 11 is 0. The average molecular weight is 291 g/mol. The van der Waals surface area contributed by atoms with Crippen molar-refractivity contribution in [1.29, 1.82) is 0 Å². The van der Waals surface area contributed by atoms with Crippen LogP contribution in [-0.2, 0) is 15.0 Å². The third kappa shape index (κ3) is 4.85. The van der Waals surface area contributed by atoms with Crippen LogP contribution in [0, 0.1) is 0 Å². The highest BCUT2D eigenvalue weighted by Crippen LogP contribution is 2.21. The lowest BCUT2D eigenvalue weighted by Crippen LogP contribution is -2.47. The van der Waals surface area contributed by atoms with Crippen LogP contribution in [0.5, 0.6) is 0 Å². The Morgan fingerprint density at radius 2 is 1.90 bits per heavy atom. The Morgan fingerprint density at radius 1 is 1.24 bits per heavy atom. The molecule has 5 nitrogen and oxygen atoms in total. The van der Waals surface area contributed by atoms with Crippen molar-refractivity contribution in [3.05, 3.63) is 24.0 Å². The average Bonchev–Trinajstić information content (AvgIpc) is 2.44. The molecule has 0 saturated carbocycles. The first kappa shape index (κ1) is 17.1. The predicted molar refractivity (Wildman–Crippen MR) is 84.1 cm³/mol. The molecule has 2 rings (SSSR count). The Morgan fingerprint density at radius 3 is 2.38 bits per heavy atom. The van der Waals surface area contributed by atoms with Gasteiger partial charge >= 0.3 is 0 Å². The second-order valence-electron chi connectivity index (χ2n) is 5.83. The molecule has 116 valence electrons. The molecule has 1 aliphatic heterocycles.